The minimum atomic E-state index is 0.0302. The van der Waals surface area contributed by atoms with Crippen molar-refractivity contribution in [2.45, 2.75) is 59.3 Å². The van der Waals surface area contributed by atoms with E-state index in [4.69, 9.17) is 4.98 Å². The third-order valence-corrected chi connectivity index (χ3v) is 3.17. The fourth-order valence-electron chi connectivity index (χ4n) is 2.56. The van der Waals surface area contributed by atoms with E-state index in [-0.39, 0.29) is 10.8 Å². The van der Waals surface area contributed by atoms with E-state index in [0.717, 1.165) is 16.9 Å². The lowest BCUT2D eigenvalue weighted by Gasteiger charge is -2.27. The summed E-state index contributed by atoms with van der Waals surface area (Å²) in [7, 11) is 0. The van der Waals surface area contributed by atoms with Gasteiger partial charge >= 0.3 is 0 Å². The highest BCUT2D eigenvalue weighted by Crippen LogP contribution is 2.31. The molecule has 0 aliphatic carbocycles. The van der Waals surface area contributed by atoms with Gasteiger partial charge < -0.3 is 0 Å². The van der Waals surface area contributed by atoms with Crippen molar-refractivity contribution in [3.63, 3.8) is 0 Å². The molecule has 0 bridgehead atoms. The van der Waals surface area contributed by atoms with Crippen LogP contribution in [0.15, 0.2) is 12.5 Å². The van der Waals surface area contributed by atoms with Gasteiger partial charge in [-0.2, -0.15) is 0 Å². The third kappa shape index (κ3) is 2.02. The normalized spacial score (nSPS) is 13.3. The monoisotopic (exact) mass is 245 g/mol. The molecular weight excluding hydrogens is 222 g/mol. The summed E-state index contributed by atoms with van der Waals surface area (Å²) in [5.41, 5.74) is 4.67. The summed E-state index contributed by atoms with van der Waals surface area (Å²) in [5.74, 6) is 0. The zero-order valence-electron chi connectivity index (χ0n) is 12.5. The fraction of sp³-hybridized carbons (Fsp3) is 0.600. The Balaban J connectivity index is 2.87. The molecule has 2 heterocycles. The molecule has 0 radical (unpaired) electrons. The van der Waals surface area contributed by atoms with Gasteiger partial charge in [-0.25, -0.2) is 4.98 Å². The lowest BCUT2D eigenvalue weighted by Crippen LogP contribution is -2.23. The molecule has 0 saturated heterocycles. The quantitative estimate of drug-likeness (QED) is 0.709. The van der Waals surface area contributed by atoms with Crippen LogP contribution >= 0.6 is 0 Å². The van der Waals surface area contributed by atoms with Crippen molar-refractivity contribution < 1.29 is 0 Å². The maximum atomic E-state index is 4.85. The maximum absolute atomic E-state index is 4.85. The average molecular weight is 245 g/mol. The number of rotatable bonds is 0. The smallest absolute Gasteiger partial charge is 0.0995 e. The van der Waals surface area contributed by atoms with Gasteiger partial charge in [0.1, 0.15) is 0 Å². The zero-order valence-corrected chi connectivity index (χ0v) is 12.5. The minimum Gasteiger partial charge on any atom is -0.299 e. The summed E-state index contributed by atoms with van der Waals surface area (Å²) >= 11 is 0. The van der Waals surface area contributed by atoms with Gasteiger partial charge in [0.25, 0.3) is 0 Å². The van der Waals surface area contributed by atoms with Gasteiger partial charge in [-0.1, -0.05) is 41.5 Å². The molecule has 18 heavy (non-hydrogen) atoms. The van der Waals surface area contributed by atoms with E-state index < -0.39 is 0 Å². The van der Waals surface area contributed by atoms with Gasteiger partial charge in [0.2, 0.25) is 0 Å². The Morgan fingerprint density at radius 3 is 2.11 bits per heavy atom. The second-order valence-electron chi connectivity index (χ2n) is 7.04. The molecule has 0 aliphatic heterocycles. The molecule has 2 aromatic rings. The molecule has 0 amide bonds. The molecule has 3 heteroatoms. The van der Waals surface area contributed by atoms with Crippen LogP contribution in [-0.2, 0) is 10.8 Å². The van der Waals surface area contributed by atoms with E-state index >= 15 is 0 Å². The number of hydrogen-bond acceptors (Lipinski definition) is 2. The van der Waals surface area contributed by atoms with E-state index in [2.05, 4.69) is 57.9 Å². The van der Waals surface area contributed by atoms with E-state index in [1.165, 1.54) is 5.69 Å². The molecule has 0 aromatic carbocycles. The van der Waals surface area contributed by atoms with Crippen molar-refractivity contribution in [1.82, 2.24) is 14.4 Å². The van der Waals surface area contributed by atoms with E-state index in [1.807, 2.05) is 12.5 Å². The van der Waals surface area contributed by atoms with Crippen LogP contribution in [0.3, 0.4) is 0 Å². The van der Waals surface area contributed by atoms with Crippen LogP contribution in [0.4, 0.5) is 0 Å². The van der Waals surface area contributed by atoms with Gasteiger partial charge in [-0.3, -0.25) is 9.38 Å². The summed E-state index contributed by atoms with van der Waals surface area (Å²) in [6.45, 7) is 15.3. The number of aromatic nitrogens is 3. The highest BCUT2D eigenvalue weighted by atomic mass is 15.0. The lowest BCUT2D eigenvalue weighted by atomic mass is 9.87. The highest BCUT2D eigenvalue weighted by molar-refractivity contribution is 5.55. The van der Waals surface area contributed by atoms with Gasteiger partial charge in [0.15, 0.2) is 0 Å². The fourth-order valence-corrected chi connectivity index (χ4v) is 2.56. The average Bonchev–Trinajstić information content (AvgIpc) is 2.60. The molecular formula is C15H23N3. The molecule has 0 spiro atoms. The Labute approximate surface area is 109 Å². The first-order valence-corrected chi connectivity index (χ1v) is 6.46. The van der Waals surface area contributed by atoms with Crippen molar-refractivity contribution in [3.8, 4) is 0 Å². The van der Waals surface area contributed by atoms with Crippen molar-refractivity contribution in [3.05, 3.63) is 29.6 Å². The van der Waals surface area contributed by atoms with E-state index in [9.17, 15) is 0 Å². The van der Waals surface area contributed by atoms with E-state index in [0.29, 0.717) is 0 Å². The first-order chi connectivity index (χ1) is 8.12. The minimum absolute atomic E-state index is 0.0302. The van der Waals surface area contributed by atoms with Crippen LogP contribution in [-0.4, -0.2) is 14.4 Å². The van der Waals surface area contributed by atoms with Crippen LogP contribution in [0.2, 0.25) is 0 Å². The Bertz CT molecular complexity index is 580. The summed E-state index contributed by atoms with van der Waals surface area (Å²) in [6, 6.07) is 0. The number of imidazole rings is 1. The largest absolute Gasteiger partial charge is 0.299 e. The molecule has 0 N–H and O–H groups in total. The molecule has 3 nitrogen and oxygen atoms in total. The standard InChI is InChI=1S/C15H23N3/c1-10-13(15(5,6)7)18-9-16-8-11(18)12(17-10)14(2,3)4/h8-9H,1-7H3. The third-order valence-electron chi connectivity index (χ3n) is 3.17. The van der Waals surface area contributed by atoms with Gasteiger partial charge in [-0.05, 0) is 6.92 Å². The van der Waals surface area contributed by atoms with Crippen molar-refractivity contribution >= 4 is 5.52 Å². The van der Waals surface area contributed by atoms with Gasteiger partial charge in [0, 0.05) is 10.8 Å². The summed E-state index contributed by atoms with van der Waals surface area (Å²) in [5, 5.41) is 0. The van der Waals surface area contributed by atoms with Crippen LogP contribution < -0.4 is 0 Å². The summed E-state index contributed by atoms with van der Waals surface area (Å²) < 4.78 is 2.20. The SMILES string of the molecule is Cc1nc(C(C)(C)C)c2cncn2c1C(C)(C)C. The van der Waals surface area contributed by atoms with Gasteiger partial charge in [0.05, 0.1) is 35.1 Å². The molecule has 0 saturated carbocycles. The summed E-state index contributed by atoms with van der Waals surface area (Å²) in [4.78, 5) is 9.16. The first-order valence-electron chi connectivity index (χ1n) is 6.46. The molecule has 2 aromatic heterocycles. The molecule has 0 fully saturated rings. The Kier molecular flexibility index (Phi) is 2.76. The number of fused-ring (bicyclic) bond motifs is 1. The van der Waals surface area contributed by atoms with Crippen molar-refractivity contribution in [1.29, 1.82) is 0 Å². The Morgan fingerprint density at radius 2 is 1.61 bits per heavy atom. The lowest BCUT2D eigenvalue weighted by molar-refractivity contribution is 0.532. The van der Waals surface area contributed by atoms with Crippen LogP contribution in [0, 0.1) is 6.92 Å². The van der Waals surface area contributed by atoms with Crippen molar-refractivity contribution in [2.24, 2.45) is 0 Å². The maximum Gasteiger partial charge on any atom is 0.0995 e. The first kappa shape index (κ1) is 13.1. The molecule has 0 aliphatic rings. The summed E-state index contributed by atoms with van der Waals surface area (Å²) in [6.07, 6.45) is 3.82. The predicted molar refractivity (Wildman–Crippen MR) is 75.1 cm³/mol. The number of hydrogen-bond donors (Lipinski definition) is 0. The Hall–Kier alpha value is -1.38. The molecule has 98 valence electrons. The molecule has 2 rings (SSSR count). The number of aryl methyl sites for hydroxylation is 1. The van der Waals surface area contributed by atoms with Crippen LogP contribution in [0.25, 0.3) is 5.52 Å². The van der Waals surface area contributed by atoms with Crippen LogP contribution in [0.5, 0.6) is 0 Å². The highest BCUT2D eigenvalue weighted by Gasteiger charge is 2.26. The van der Waals surface area contributed by atoms with Crippen LogP contribution in [0.1, 0.15) is 58.6 Å². The topological polar surface area (TPSA) is 30.2 Å². The predicted octanol–water partition coefficient (Wildman–Crippen LogP) is 3.63. The second kappa shape index (κ2) is 3.81. The molecule has 0 unspecified atom stereocenters. The molecule has 0 atom stereocenters. The Morgan fingerprint density at radius 1 is 1.00 bits per heavy atom. The van der Waals surface area contributed by atoms with E-state index in [1.54, 1.807) is 0 Å². The second-order valence-corrected chi connectivity index (χ2v) is 7.04. The number of nitrogens with zero attached hydrogens (tertiary/aromatic N) is 3. The van der Waals surface area contributed by atoms with Gasteiger partial charge in [-0.15, -0.1) is 0 Å². The zero-order chi connectivity index (χ0) is 13.7. The van der Waals surface area contributed by atoms with Crippen molar-refractivity contribution in [2.75, 3.05) is 0 Å².